The van der Waals surface area contributed by atoms with E-state index in [4.69, 9.17) is 27.2 Å². The fourth-order valence-corrected chi connectivity index (χ4v) is 4.90. The monoisotopic (exact) mass is 505 g/mol. The van der Waals surface area contributed by atoms with Crippen LogP contribution in [0.4, 0.5) is 0 Å². The van der Waals surface area contributed by atoms with Crippen molar-refractivity contribution in [2.24, 2.45) is 0 Å². The SMILES string of the molecule is C=CCOc1ccc(-c2nn(-c3ccccc3)cc2/C=C2/SC(=S)N(CCC(=O)O)C2=O)c(C)c1. The molecule has 0 unspecified atom stereocenters. The molecule has 2 heterocycles. The van der Waals surface area contributed by atoms with Crippen LogP contribution in [-0.4, -0.2) is 49.1 Å². The minimum atomic E-state index is -0.981. The minimum Gasteiger partial charge on any atom is -0.490 e. The van der Waals surface area contributed by atoms with Gasteiger partial charge in [0, 0.05) is 23.9 Å². The fourth-order valence-electron chi connectivity index (χ4n) is 3.60. The predicted octanol–water partition coefficient (Wildman–Crippen LogP) is 5.09. The summed E-state index contributed by atoms with van der Waals surface area (Å²) in [5, 5.41) is 13.8. The molecule has 1 aliphatic heterocycles. The number of nitrogens with zero attached hydrogens (tertiary/aromatic N) is 3. The van der Waals surface area contributed by atoms with Crippen LogP contribution in [0.25, 0.3) is 23.0 Å². The standard InChI is InChI=1S/C26H23N3O4S2/c1-3-13-33-20-9-10-21(17(2)14-20)24-18(16-29(27-24)19-7-5-4-6-8-19)15-22-25(32)28(26(34)35-22)12-11-23(30)31/h3-10,14-16H,1,11-13H2,2H3,(H,30,31)/b22-15+. The van der Waals surface area contributed by atoms with Gasteiger partial charge in [-0.05, 0) is 48.9 Å². The lowest BCUT2D eigenvalue weighted by Gasteiger charge is -2.12. The number of hydrogen-bond acceptors (Lipinski definition) is 6. The summed E-state index contributed by atoms with van der Waals surface area (Å²) >= 11 is 6.50. The summed E-state index contributed by atoms with van der Waals surface area (Å²) in [4.78, 5) is 25.7. The van der Waals surface area contributed by atoms with Crippen molar-refractivity contribution in [3.8, 4) is 22.7 Å². The number of benzene rings is 2. The van der Waals surface area contributed by atoms with Gasteiger partial charge in [-0.2, -0.15) is 5.10 Å². The number of thioether (sulfide) groups is 1. The number of rotatable bonds is 9. The van der Waals surface area contributed by atoms with Gasteiger partial charge < -0.3 is 9.84 Å². The van der Waals surface area contributed by atoms with E-state index in [0.717, 1.165) is 39.9 Å². The first-order valence-electron chi connectivity index (χ1n) is 10.8. The number of aromatic nitrogens is 2. The predicted molar refractivity (Wildman–Crippen MR) is 142 cm³/mol. The summed E-state index contributed by atoms with van der Waals surface area (Å²) < 4.78 is 7.77. The number of aryl methyl sites for hydroxylation is 1. The van der Waals surface area contributed by atoms with E-state index in [1.54, 1.807) is 16.8 Å². The maximum atomic E-state index is 13.0. The highest BCUT2D eigenvalue weighted by molar-refractivity contribution is 8.26. The van der Waals surface area contributed by atoms with Crippen LogP contribution in [0.1, 0.15) is 17.5 Å². The molecule has 1 aromatic heterocycles. The number of carbonyl (C=O) groups is 2. The minimum absolute atomic E-state index is 0.0404. The summed E-state index contributed by atoms with van der Waals surface area (Å²) in [5.74, 6) is -0.551. The van der Waals surface area contributed by atoms with Crippen LogP contribution >= 0.6 is 24.0 Å². The Balaban J connectivity index is 1.75. The Labute approximate surface area is 212 Å². The fraction of sp³-hybridized carbons (Fsp3) is 0.154. The topological polar surface area (TPSA) is 84.7 Å². The van der Waals surface area contributed by atoms with Gasteiger partial charge in [-0.3, -0.25) is 14.5 Å². The number of aliphatic carboxylic acids is 1. The molecule has 1 N–H and O–H groups in total. The van der Waals surface area contributed by atoms with Crippen molar-refractivity contribution >= 4 is 46.3 Å². The third-order valence-electron chi connectivity index (χ3n) is 5.29. The van der Waals surface area contributed by atoms with Crippen molar-refractivity contribution in [2.75, 3.05) is 13.2 Å². The summed E-state index contributed by atoms with van der Waals surface area (Å²) in [6.45, 7) is 6.11. The molecular formula is C26H23N3O4S2. The van der Waals surface area contributed by atoms with Crippen LogP contribution in [0.15, 0.2) is 72.3 Å². The van der Waals surface area contributed by atoms with E-state index in [9.17, 15) is 9.59 Å². The Morgan fingerprint density at radius 2 is 2.03 bits per heavy atom. The van der Waals surface area contributed by atoms with Crippen molar-refractivity contribution in [3.63, 3.8) is 0 Å². The van der Waals surface area contributed by atoms with Crippen molar-refractivity contribution in [3.05, 3.63) is 83.4 Å². The lowest BCUT2D eigenvalue weighted by Crippen LogP contribution is -2.30. The summed E-state index contributed by atoms with van der Waals surface area (Å²) in [6.07, 6.45) is 5.16. The van der Waals surface area contributed by atoms with Crippen molar-refractivity contribution < 1.29 is 19.4 Å². The van der Waals surface area contributed by atoms with Gasteiger partial charge in [0.25, 0.3) is 5.91 Å². The lowest BCUT2D eigenvalue weighted by atomic mass is 10.0. The molecule has 0 radical (unpaired) electrons. The van der Waals surface area contributed by atoms with E-state index in [1.165, 1.54) is 4.90 Å². The Morgan fingerprint density at radius 1 is 1.26 bits per heavy atom. The summed E-state index contributed by atoms with van der Waals surface area (Å²) in [7, 11) is 0. The molecule has 7 nitrogen and oxygen atoms in total. The molecular weight excluding hydrogens is 482 g/mol. The lowest BCUT2D eigenvalue weighted by molar-refractivity contribution is -0.137. The number of para-hydroxylation sites is 1. The molecule has 1 aliphatic rings. The highest BCUT2D eigenvalue weighted by atomic mass is 32.2. The number of hydrogen-bond donors (Lipinski definition) is 1. The largest absolute Gasteiger partial charge is 0.490 e. The maximum Gasteiger partial charge on any atom is 0.305 e. The molecule has 1 saturated heterocycles. The quantitative estimate of drug-likeness (QED) is 0.246. The first-order chi connectivity index (χ1) is 16.9. The van der Waals surface area contributed by atoms with Gasteiger partial charge in [0.2, 0.25) is 0 Å². The van der Waals surface area contributed by atoms with Gasteiger partial charge in [-0.15, -0.1) is 0 Å². The van der Waals surface area contributed by atoms with Gasteiger partial charge in [0.05, 0.1) is 17.0 Å². The average Bonchev–Trinajstić information content (AvgIpc) is 3.37. The number of ether oxygens (including phenoxy) is 1. The molecule has 4 rings (SSSR count). The Kier molecular flexibility index (Phi) is 7.48. The number of carbonyl (C=O) groups excluding carboxylic acids is 1. The molecule has 1 fully saturated rings. The molecule has 2 aromatic carbocycles. The van der Waals surface area contributed by atoms with Crippen LogP contribution in [-0.2, 0) is 9.59 Å². The molecule has 0 aliphatic carbocycles. The van der Waals surface area contributed by atoms with Crippen LogP contribution in [0.2, 0.25) is 0 Å². The van der Waals surface area contributed by atoms with Gasteiger partial charge >= 0.3 is 5.97 Å². The molecule has 0 bridgehead atoms. The van der Waals surface area contributed by atoms with Gasteiger partial charge in [0.15, 0.2) is 0 Å². The Hall–Kier alpha value is -3.69. The van der Waals surface area contributed by atoms with E-state index in [-0.39, 0.29) is 18.9 Å². The molecule has 0 atom stereocenters. The van der Waals surface area contributed by atoms with E-state index < -0.39 is 5.97 Å². The Morgan fingerprint density at radius 3 is 2.71 bits per heavy atom. The second-order valence-corrected chi connectivity index (χ2v) is 9.44. The van der Waals surface area contributed by atoms with E-state index >= 15 is 0 Å². The van der Waals surface area contributed by atoms with Crippen molar-refractivity contribution in [1.29, 1.82) is 0 Å². The highest BCUT2D eigenvalue weighted by Gasteiger charge is 2.32. The van der Waals surface area contributed by atoms with Crippen LogP contribution in [0, 0.1) is 6.92 Å². The summed E-state index contributed by atoms with van der Waals surface area (Å²) in [5.41, 5.74) is 4.20. The average molecular weight is 506 g/mol. The molecule has 35 heavy (non-hydrogen) atoms. The van der Waals surface area contributed by atoms with Gasteiger partial charge in [-0.25, -0.2) is 4.68 Å². The number of carboxylic acids is 1. The van der Waals surface area contributed by atoms with Gasteiger partial charge in [0.1, 0.15) is 22.4 Å². The smallest absolute Gasteiger partial charge is 0.305 e. The number of carboxylic acid groups (broad SMARTS) is 1. The van der Waals surface area contributed by atoms with E-state index in [2.05, 4.69) is 6.58 Å². The van der Waals surface area contributed by atoms with E-state index in [0.29, 0.717) is 21.5 Å². The third-order valence-corrected chi connectivity index (χ3v) is 6.67. The van der Waals surface area contributed by atoms with E-state index in [1.807, 2.05) is 61.7 Å². The third kappa shape index (κ3) is 5.52. The number of thiocarbonyl (C=S) groups is 1. The zero-order chi connectivity index (χ0) is 24.9. The Bertz CT molecular complexity index is 1330. The maximum absolute atomic E-state index is 13.0. The first kappa shape index (κ1) is 24.4. The molecule has 0 spiro atoms. The van der Waals surface area contributed by atoms with Crippen LogP contribution in [0.5, 0.6) is 5.75 Å². The molecule has 3 aromatic rings. The van der Waals surface area contributed by atoms with Crippen LogP contribution < -0.4 is 4.74 Å². The zero-order valence-electron chi connectivity index (χ0n) is 19.0. The van der Waals surface area contributed by atoms with Crippen LogP contribution in [0.3, 0.4) is 0 Å². The highest BCUT2D eigenvalue weighted by Crippen LogP contribution is 2.36. The van der Waals surface area contributed by atoms with Crippen molar-refractivity contribution in [2.45, 2.75) is 13.3 Å². The second-order valence-electron chi connectivity index (χ2n) is 7.77. The van der Waals surface area contributed by atoms with Crippen molar-refractivity contribution in [1.82, 2.24) is 14.7 Å². The molecule has 0 saturated carbocycles. The normalized spacial score (nSPS) is 14.5. The second kappa shape index (κ2) is 10.7. The molecule has 9 heteroatoms. The molecule has 1 amide bonds. The summed E-state index contributed by atoms with van der Waals surface area (Å²) in [6, 6.07) is 15.5. The number of amides is 1. The zero-order valence-corrected chi connectivity index (χ0v) is 20.6. The van der Waals surface area contributed by atoms with Gasteiger partial charge in [-0.1, -0.05) is 54.8 Å². The molecule has 178 valence electrons. The first-order valence-corrected chi connectivity index (χ1v) is 12.1.